The Balaban J connectivity index is 1.79. The smallest absolute Gasteiger partial charge is 0.266 e. The Kier molecular flexibility index (Phi) is 7.24. The number of aromatic nitrogens is 2. The van der Waals surface area contributed by atoms with Crippen molar-refractivity contribution in [2.24, 2.45) is 0 Å². The molecule has 192 valence electrons. The van der Waals surface area contributed by atoms with Gasteiger partial charge in [-0.1, -0.05) is 24.3 Å². The number of fused-ring (bicyclic) bond motifs is 2. The van der Waals surface area contributed by atoms with Gasteiger partial charge in [-0.2, -0.15) is 0 Å². The van der Waals surface area contributed by atoms with E-state index in [9.17, 15) is 4.79 Å². The maximum atomic E-state index is 14.0. The van der Waals surface area contributed by atoms with E-state index in [1.807, 2.05) is 66.7 Å². The zero-order chi connectivity index (χ0) is 26.8. The van der Waals surface area contributed by atoms with Crippen molar-refractivity contribution >= 4 is 56.4 Å². The third kappa shape index (κ3) is 4.67. The van der Waals surface area contributed by atoms with Gasteiger partial charge in [0.15, 0.2) is 11.5 Å². The Bertz CT molecular complexity index is 1760. The van der Waals surface area contributed by atoms with Crippen LogP contribution < -0.4 is 24.5 Å². The monoisotopic (exact) mass is 620 g/mol. The molecule has 0 unspecified atom stereocenters. The molecule has 0 saturated heterocycles. The molecule has 0 fully saturated rings. The average molecular weight is 620 g/mol. The van der Waals surface area contributed by atoms with Crippen LogP contribution in [0, 0.1) is 3.57 Å². The molecule has 0 atom stereocenters. The number of halogens is 1. The van der Waals surface area contributed by atoms with Gasteiger partial charge < -0.3 is 18.9 Å². The van der Waals surface area contributed by atoms with Gasteiger partial charge in [-0.05, 0) is 81.9 Å². The van der Waals surface area contributed by atoms with Crippen LogP contribution in [-0.2, 0) is 0 Å². The second kappa shape index (κ2) is 10.7. The van der Waals surface area contributed by atoms with E-state index in [4.69, 9.17) is 23.9 Å². The minimum absolute atomic E-state index is 0.195. The van der Waals surface area contributed by atoms with Gasteiger partial charge in [0.25, 0.3) is 5.56 Å². The Hall–Kier alpha value is -4.05. The lowest BCUT2D eigenvalue weighted by Crippen LogP contribution is -2.23. The third-order valence-corrected chi connectivity index (χ3v) is 6.96. The van der Waals surface area contributed by atoms with E-state index in [0.717, 1.165) is 19.9 Å². The molecule has 0 N–H and O–H groups in total. The standard InChI is InChI=1S/C30H25IN2O5/c1-35-25-17-28(38-4)27(37-3)15-20(25)9-12-29-32-23-14-19-8-6-5-7-18(19)13-22(23)30(34)33(29)24-11-10-21(31)16-26(24)36-2/h5-17H,1-4H3. The normalized spacial score (nSPS) is 11.3. The lowest BCUT2D eigenvalue weighted by Gasteiger charge is -2.16. The highest BCUT2D eigenvalue weighted by Gasteiger charge is 2.17. The van der Waals surface area contributed by atoms with Crippen molar-refractivity contribution in [2.45, 2.75) is 0 Å². The molecular weight excluding hydrogens is 595 g/mol. The van der Waals surface area contributed by atoms with Crippen LogP contribution in [-0.4, -0.2) is 38.0 Å². The molecule has 7 nitrogen and oxygen atoms in total. The topological polar surface area (TPSA) is 71.8 Å². The summed E-state index contributed by atoms with van der Waals surface area (Å²) in [7, 11) is 6.33. The number of hydrogen-bond acceptors (Lipinski definition) is 6. The highest BCUT2D eigenvalue weighted by atomic mass is 127. The predicted molar refractivity (Wildman–Crippen MR) is 159 cm³/mol. The summed E-state index contributed by atoms with van der Waals surface area (Å²) in [5, 5.41) is 2.50. The van der Waals surface area contributed by atoms with Crippen molar-refractivity contribution in [1.82, 2.24) is 9.55 Å². The van der Waals surface area contributed by atoms with Crippen LogP contribution in [0.2, 0.25) is 0 Å². The maximum absolute atomic E-state index is 14.0. The van der Waals surface area contributed by atoms with Crippen LogP contribution in [0.25, 0.3) is 39.5 Å². The van der Waals surface area contributed by atoms with E-state index in [0.29, 0.717) is 45.4 Å². The average Bonchev–Trinajstić information content (AvgIpc) is 2.95. The van der Waals surface area contributed by atoms with Crippen molar-refractivity contribution in [3.8, 4) is 28.7 Å². The lowest BCUT2D eigenvalue weighted by molar-refractivity contribution is 0.348. The van der Waals surface area contributed by atoms with Crippen LogP contribution in [0.4, 0.5) is 0 Å². The molecule has 5 rings (SSSR count). The SMILES string of the molecule is COc1cc(OC)c(OC)cc1C=Cc1nc2cc3ccccc3cc2c(=O)n1-c1ccc(I)cc1OC. The predicted octanol–water partition coefficient (Wildman–Crippen LogP) is 6.35. The summed E-state index contributed by atoms with van der Waals surface area (Å²) in [6.45, 7) is 0. The first kappa shape index (κ1) is 25.6. The van der Waals surface area contributed by atoms with E-state index < -0.39 is 0 Å². The van der Waals surface area contributed by atoms with Gasteiger partial charge in [-0.3, -0.25) is 9.36 Å². The summed E-state index contributed by atoms with van der Waals surface area (Å²) in [4.78, 5) is 19.0. The first-order valence-corrected chi connectivity index (χ1v) is 12.8. The number of ether oxygens (including phenoxy) is 4. The summed E-state index contributed by atoms with van der Waals surface area (Å²) in [5.74, 6) is 2.71. The fourth-order valence-electron chi connectivity index (χ4n) is 4.42. The van der Waals surface area contributed by atoms with E-state index >= 15 is 0 Å². The van der Waals surface area contributed by atoms with Crippen molar-refractivity contribution in [3.63, 3.8) is 0 Å². The molecule has 1 heterocycles. The Labute approximate surface area is 233 Å². The van der Waals surface area contributed by atoms with Gasteiger partial charge in [0.2, 0.25) is 0 Å². The number of methoxy groups -OCH3 is 4. The van der Waals surface area contributed by atoms with Crippen LogP contribution in [0.5, 0.6) is 23.0 Å². The van der Waals surface area contributed by atoms with Crippen LogP contribution >= 0.6 is 22.6 Å². The molecule has 5 aromatic rings. The summed E-state index contributed by atoms with van der Waals surface area (Å²) in [6, 6.07) is 21.0. The molecular formula is C30H25IN2O5. The Morgan fingerprint density at radius 1 is 0.737 bits per heavy atom. The van der Waals surface area contributed by atoms with E-state index in [1.54, 1.807) is 45.1 Å². The first-order chi connectivity index (χ1) is 18.5. The van der Waals surface area contributed by atoms with Crippen molar-refractivity contribution in [2.75, 3.05) is 28.4 Å². The Morgan fingerprint density at radius 2 is 1.39 bits per heavy atom. The number of hydrogen-bond donors (Lipinski definition) is 0. The highest BCUT2D eigenvalue weighted by molar-refractivity contribution is 14.1. The maximum Gasteiger partial charge on any atom is 0.266 e. The zero-order valence-corrected chi connectivity index (χ0v) is 23.5. The van der Waals surface area contributed by atoms with Gasteiger partial charge in [0.1, 0.15) is 17.3 Å². The molecule has 8 heteroatoms. The lowest BCUT2D eigenvalue weighted by atomic mass is 10.1. The van der Waals surface area contributed by atoms with E-state index in [2.05, 4.69) is 22.6 Å². The molecule has 0 radical (unpaired) electrons. The summed E-state index contributed by atoms with van der Waals surface area (Å²) >= 11 is 2.22. The van der Waals surface area contributed by atoms with Gasteiger partial charge in [-0.15, -0.1) is 0 Å². The minimum atomic E-state index is -0.195. The molecule has 0 aliphatic rings. The number of nitrogens with zero attached hydrogens (tertiary/aromatic N) is 2. The van der Waals surface area contributed by atoms with Gasteiger partial charge in [-0.25, -0.2) is 4.98 Å². The zero-order valence-electron chi connectivity index (χ0n) is 21.3. The quantitative estimate of drug-likeness (QED) is 0.156. The minimum Gasteiger partial charge on any atom is -0.496 e. The molecule has 0 aliphatic heterocycles. The first-order valence-electron chi connectivity index (χ1n) is 11.7. The van der Waals surface area contributed by atoms with Crippen LogP contribution in [0.15, 0.2) is 71.5 Å². The largest absolute Gasteiger partial charge is 0.496 e. The molecule has 0 bridgehead atoms. The summed E-state index contributed by atoms with van der Waals surface area (Å²) in [6.07, 6.45) is 3.63. The molecule has 4 aromatic carbocycles. The van der Waals surface area contributed by atoms with E-state index in [-0.39, 0.29) is 5.56 Å². The fraction of sp³-hybridized carbons (Fsp3) is 0.133. The second-order valence-electron chi connectivity index (χ2n) is 8.43. The van der Waals surface area contributed by atoms with Crippen molar-refractivity contribution in [3.05, 3.63) is 92.0 Å². The molecule has 0 amide bonds. The van der Waals surface area contributed by atoms with Crippen molar-refractivity contribution < 1.29 is 18.9 Å². The second-order valence-corrected chi connectivity index (χ2v) is 9.67. The van der Waals surface area contributed by atoms with Crippen LogP contribution in [0.3, 0.4) is 0 Å². The Morgan fingerprint density at radius 3 is 2.08 bits per heavy atom. The molecule has 1 aromatic heterocycles. The molecule has 0 spiro atoms. The molecule has 0 saturated carbocycles. The van der Waals surface area contributed by atoms with Gasteiger partial charge in [0.05, 0.1) is 45.0 Å². The third-order valence-electron chi connectivity index (χ3n) is 6.29. The summed E-state index contributed by atoms with van der Waals surface area (Å²) < 4.78 is 24.7. The van der Waals surface area contributed by atoms with Gasteiger partial charge >= 0.3 is 0 Å². The fourth-order valence-corrected chi connectivity index (χ4v) is 4.88. The highest BCUT2D eigenvalue weighted by Crippen LogP contribution is 2.36. The van der Waals surface area contributed by atoms with E-state index in [1.165, 1.54) is 0 Å². The number of rotatable bonds is 7. The molecule has 0 aliphatic carbocycles. The van der Waals surface area contributed by atoms with Crippen LogP contribution in [0.1, 0.15) is 11.4 Å². The van der Waals surface area contributed by atoms with Crippen molar-refractivity contribution in [1.29, 1.82) is 0 Å². The number of benzene rings is 4. The van der Waals surface area contributed by atoms with Gasteiger partial charge in [0, 0.05) is 15.2 Å². The summed E-state index contributed by atoms with van der Waals surface area (Å²) in [5.41, 5.74) is 1.74. The molecule has 38 heavy (non-hydrogen) atoms.